The van der Waals surface area contributed by atoms with E-state index in [0.717, 1.165) is 19.6 Å². The largest absolute Gasteiger partial charge is 0.351 e. The van der Waals surface area contributed by atoms with Crippen LogP contribution in [0, 0.1) is 6.92 Å². The van der Waals surface area contributed by atoms with Gasteiger partial charge in [0.1, 0.15) is 0 Å². The van der Waals surface area contributed by atoms with E-state index in [-0.39, 0.29) is 10.8 Å². The summed E-state index contributed by atoms with van der Waals surface area (Å²) in [6.45, 7) is 5.35. The van der Waals surface area contributed by atoms with E-state index in [0.29, 0.717) is 23.4 Å². The first-order valence-electron chi connectivity index (χ1n) is 10.2. The zero-order valence-electron chi connectivity index (χ0n) is 16.9. The first kappa shape index (κ1) is 21.3. The molecule has 0 unspecified atom stereocenters. The van der Waals surface area contributed by atoms with Crippen molar-refractivity contribution in [2.75, 3.05) is 30.9 Å². The average Bonchev–Trinajstić information content (AvgIpc) is 2.99. The Hall–Kier alpha value is -2.38. The number of benzene rings is 2. The molecule has 2 N–H and O–H groups in total. The number of nitrogens with zero attached hydrogens (tertiary/aromatic N) is 1. The molecule has 0 atom stereocenters. The van der Waals surface area contributed by atoms with E-state index in [4.69, 9.17) is 0 Å². The molecular formula is C22H29N3O3S. The van der Waals surface area contributed by atoms with Gasteiger partial charge in [-0.1, -0.05) is 37.1 Å². The van der Waals surface area contributed by atoms with E-state index >= 15 is 0 Å². The number of rotatable bonds is 7. The second-order valence-corrected chi connectivity index (χ2v) is 9.09. The third kappa shape index (κ3) is 5.81. The van der Waals surface area contributed by atoms with Crippen LogP contribution in [0.1, 0.15) is 41.6 Å². The van der Waals surface area contributed by atoms with Crippen LogP contribution in [0.25, 0.3) is 0 Å². The minimum Gasteiger partial charge on any atom is -0.351 e. The molecule has 29 heavy (non-hydrogen) atoms. The summed E-state index contributed by atoms with van der Waals surface area (Å²) in [5, 5.41) is 2.97. The van der Waals surface area contributed by atoms with Gasteiger partial charge in [-0.3, -0.25) is 9.52 Å². The maximum absolute atomic E-state index is 12.7. The molecule has 2 aromatic rings. The van der Waals surface area contributed by atoms with Gasteiger partial charge in [0.25, 0.3) is 15.9 Å². The molecule has 0 bridgehead atoms. The van der Waals surface area contributed by atoms with E-state index in [9.17, 15) is 13.2 Å². The Morgan fingerprint density at radius 3 is 2.34 bits per heavy atom. The molecule has 1 heterocycles. The highest BCUT2D eigenvalue weighted by Gasteiger charge is 2.18. The molecule has 1 saturated heterocycles. The van der Waals surface area contributed by atoms with Crippen LogP contribution in [-0.2, 0) is 10.0 Å². The average molecular weight is 416 g/mol. The maximum Gasteiger partial charge on any atom is 0.261 e. The fourth-order valence-corrected chi connectivity index (χ4v) is 4.72. The molecular weight excluding hydrogens is 386 g/mol. The third-order valence-corrected chi connectivity index (χ3v) is 6.67. The van der Waals surface area contributed by atoms with Crippen LogP contribution in [0.2, 0.25) is 0 Å². The van der Waals surface area contributed by atoms with Crippen LogP contribution in [0.3, 0.4) is 0 Å². The van der Waals surface area contributed by atoms with Crippen LogP contribution in [-0.4, -0.2) is 45.4 Å². The number of hydrogen-bond acceptors (Lipinski definition) is 4. The number of nitrogens with one attached hydrogen (secondary N) is 2. The van der Waals surface area contributed by atoms with E-state index < -0.39 is 10.0 Å². The lowest BCUT2D eigenvalue weighted by Gasteiger charge is -2.20. The molecule has 0 aliphatic carbocycles. The van der Waals surface area contributed by atoms with Gasteiger partial charge >= 0.3 is 0 Å². The zero-order chi connectivity index (χ0) is 20.7. The van der Waals surface area contributed by atoms with Crippen molar-refractivity contribution in [2.45, 2.75) is 37.5 Å². The number of anilines is 1. The lowest BCUT2D eigenvalue weighted by molar-refractivity contribution is 0.0948. The molecule has 1 aliphatic heterocycles. The minimum atomic E-state index is -3.70. The normalized spacial score (nSPS) is 15.5. The Labute approximate surface area is 173 Å². The van der Waals surface area contributed by atoms with E-state index in [1.165, 1.54) is 37.8 Å². The van der Waals surface area contributed by atoms with Crippen molar-refractivity contribution in [3.05, 3.63) is 59.7 Å². The summed E-state index contributed by atoms with van der Waals surface area (Å²) in [5.74, 6) is -0.182. The predicted molar refractivity (Wildman–Crippen MR) is 116 cm³/mol. The van der Waals surface area contributed by atoms with Crippen molar-refractivity contribution in [3.63, 3.8) is 0 Å². The summed E-state index contributed by atoms with van der Waals surface area (Å²) in [7, 11) is -3.70. The van der Waals surface area contributed by atoms with Crippen molar-refractivity contribution < 1.29 is 13.2 Å². The zero-order valence-corrected chi connectivity index (χ0v) is 17.7. The summed E-state index contributed by atoms with van der Waals surface area (Å²) in [6, 6.07) is 13.3. The molecule has 0 saturated carbocycles. The third-order valence-electron chi connectivity index (χ3n) is 5.29. The molecule has 6 nitrogen and oxygen atoms in total. The predicted octanol–water partition coefficient (Wildman–Crippen LogP) is 3.40. The lowest BCUT2D eigenvalue weighted by Crippen LogP contribution is -2.35. The van der Waals surface area contributed by atoms with E-state index in [1.54, 1.807) is 43.3 Å². The standard InChI is InChI=1S/C22H29N3O3S/c1-18-20(22(26)23-14-17-25-15-7-2-3-8-16-25)12-9-13-21(18)24-29(27,28)19-10-5-4-6-11-19/h4-6,9-13,24H,2-3,7-8,14-17H2,1H3,(H,23,26). The quantitative estimate of drug-likeness (QED) is 0.726. The highest BCUT2D eigenvalue weighted by Crippen LogP contribution is 2.22. The smallest absolute Gasteiger partial charge is 0.261 e. The second kappa shape index (κ2) is 9.89. The Kier molecular flexibility index (Phi) is 7.28. The molecule has 1 fully saturated rings. The number of sulfonamides is 1. The highest BCUT2D eigenvalue weighted by atomic mass is 32.2. The van der Waals surface area contributed by atoms with Gasteiger partial charge in [0, 0.05) is 18.7 Å². The van der Waals surface area contributed by atoms with Gasteiger partial charge in [0.15, 0.2) is 0 Å². The molecule has 0 aromatic heterocycles. The van der Waals surface area contributed by atoms with Crippen molar-refractivity contribution in [1.29, 1.82) is 0 Å². The lowest BCUT2D eigenvalue weighted by atomic mass is 10.1. The summed E-state index contributed by atoms with van der Waals surface area (Å²) in [6.07, 6.45) is 5.01. The van der Waals surface area contributed by atoms with Crippen LogP contribution in [0.4, 0.5) is 5.69 Å². The molecule has 0 spiro atoms. The summed E-state index contributed by atoms with van der Waals surface area (Å²) < 4.78 is 27.8. The van der Waals surface area contributed by atoms with E-state index in [1.807, 2.05) is 0 Å². The molecule has 1 amide bonds. The van der Waals surface area contributed by atoms with Crippen LogP contribution in [0.5, 0.6) is 0 Å². The van der Waals surface area contributed by atoms with Crippen LogP contribution >= 0.6 is 0 Å². The highest BCUT2D eigenvalue weighted by molar-refractivity contribution is 7.92. The van der Waals surface area contributed by atoms with Gasteiger partial charge in [-0.05, 0) is 62.7 Å². The van der Waals surface area contributed by atoms with Gasteiger partial charge in [-0.25, -0.2) is 8.42 Å². The molecule has 1 aliphatic rings. The van der Waals surface area contributed by atoms with Crippen molar-refractivity contribution in [1.82, 2.24) is 10.2 Å². The Morgan fingerprint density at radius 2 is 1.66 bits per heavy atom. The number of amides is 1. The van der Waals surface area contributed by atoms with Gasteiger partial charge in [-0.2, -0.15) is 0 Å². The summed E-state index contributed by atoms with van der Waals surface area (Å²) in [4.78, 5) is 15.2. The van der Waals surface area contributed by atoms with Gasteiger partial charge < -0.3 is 10.2 Å². The first-order chi connectivity index (χ1) is 14.0. The molecule has 0 radical (unpaired) electrons. The summed E-state index contributed by atoms with van der Waals surface area (Å²) >= 11 is 0. The fraction of sp³-hybridized carbons (Fsp3) is 0.409. The molecule has 3 rings (SSSR count). The molecule has 7 heteroatoms. The molecule has 2 aromatic carbocycles. The number of likely N-dealkylation sites (tertiary alicyclic amines) is 1. The van der Waals surface area contributed by atoms with Gasteiger partial charge in [-0.15, -0.1) is 0 Å². The maximum atomic E-state index is 12.7. The number of carbonyl (C=O) groups excluding carboxylic acids is 1. The van der Waals surface area contributed by atoms with Gasteiger partial charge in [0.2, 0.25) is 0 Å². The van der Waals surface area contributed by atoms with Crippen molar-refractivity contribution >= 4 is 21.6 Å². The molecule has 156 valence electrons. The van der Waals surface area contributed by atoms with Crippen LogP contribution < -0.4 is 10.0 Å². The first-order valence-corrected chi connectivity index (χ1v) is 11.6. The number of carbonyl (C=O) groups is 1. The van der Waals surface area contributed by atoms with Crippen molar-refractivity contribution in [2.24, 2.45) is 0 Å². The van der Waals surface area contributed by atoms with E-state index in [2.05, 4.69) is 14.9 Å². The van der Waals surface area contributed by atoms with Crippen LogP contribution in [0.15, 0.2) is 53.4 Å². The topological polar surface area (TPSA) is 78.5 Å². The van der Waals surface area contributed by atoms with Gasteiger partial charge in [0.05, 0.1) is 10.6 Å². The monoisotopic (exact) mass is 415 g/mol. The SMILES string of the molecule is Cc1c(NS(=O)(=O)c2ccccc2)cccc1C(=O)NCCN1CCCCCC1. The number of hydrogen-bond donors (Lipinski definition) is 2. The fourth-order valence-electron chi connectivity index (χ4n) is 3.58. The summed E-state index contributed by atoms with van der Waals surface area (Å²) in [5.41, 5.74) is 1.50. The Bertz CT molecular complexity index is 922. The second-order valence-electron chi connectivity index (χ2n) is 7.41. The minimum absolute atomic E-state index is 0.182. The van der Waals surface area contributed by atoms with Crippen molar-refractivity contribution in [3.8, 4) is 0 Å². The Morgan fingerprint density at radius 1 is 0.966 bits per heavy atom. The Balaban J connectivity index is 1.64.